The molecule has 1 fully saturated rings. The fourth-order valence-corrected chi connectivity index (χ4v) is 2.80. The molecule has 1 saturated heterocycles. The zero-order valence-electron chi connectivity index (χ0n) is 18.8. The van der Waals surface area contributed by atoms with Gasteiger partial charge < -0.3 is 14.2 Å². The van der Waals surface area contributed by atoms with Crippen LogP contribution in [0.2, 0.25) is 0 Å². The minimum absolute atomic E-state index is 0.0398. The van der Waals surface area contributed by atoms with E-state index in [0.29, 0.717) is 30.6 Å². The van der Waals surface area contributed by atoms with Crippen molar-refractivity contribution >= 4 is 0 Å². The fraction of sp³-hybridized carbons (Fsp3) is 0.739. The molecule has 4 unspecified atom stereocenters. The van der Waals surface area contributed by atoms with Crippen LogP contribution >= 0.6 is 0 Å². The first-order valence-corrected chi connectivity index (χ1v) is 10.4. The Morgan fingerprint density at radius 3 is 2.29 bits per heavy atom. The van der Waals surface area contributed by atoms with Crippen molar-refractivity contribution in [1.82, 2.24) is 0 Å². The van der Waals surface area contributed by atoms with Crippen molar-refractivity contribution in [3.05, 3.63) is 35.6 Å². The Labute approximate surface area is 170 Å². The fourth-order valence-electron chi connectivity index (χ4n) is 2.80. The molecule has 0 bridgehead atoms. The van der Waals surface area contributed by atoms with Crippen molar-refractivity contribution in [2.75, 3.05) is 20.3 Å². The zero-order valence-corrected chi connectivity index (χ0v) is 18.8. The third kappa shape index (κ3) is 9.33. The third-order valence-electron chi connectivity index (χ3n) is 5.16. The van der Waals surface area contributed by atoms with Gasteiger partial charge in [-0.05, 0) is 56.9 Å². The van der Waals surface area contributed by atoms with Gasteiger partial charge in [0, 0.05) is 5.92 Å². The molecule has 0 N–H and O–H groups in total. The zero-order chi connectivity index (χ0) is 21.7. The number of allylic oxidation sites excluding steroid dienone is 4. The summed E-state index contributed by atoms with van der Waals surface area (Å²) in [7, 11) is 1.33. The Morgan fingerprint density at radius 1 is 1.14 bits per heavy atom. The third-order valence-corrected chi connectivity index (χ3v) is 5.16. The van der Waals surface area contributed by atoms with Crippen molar-refractivity contribution < 1.29 is 23.0 Å². The molecular formula is C23H40F2O3. The van der Waals surface area contributed by atoms with Crippen LogP contribution in [0.25, 0.3) is 0 Å². The maximum absolute atomic E-state index is 14.2. The Bertz CT molecular complexity index is 506. The van der Waals surface area contributed by atoms with Crippen molar-refractivity contribution in [2.24, 2.45) is 17.8 Å². The molecule has 5 heteroatoms. The first-order valence-electron chi connectivity index (χ1n) is 10.4. The number of halogens is 2. The molecule has 1 aliphatic rings. The van der Waals surface area contributed by atoms with Crippen LogP contribution in [0.5, 0.6) is 0 Å². The molecule has 0 amide bonds. The first kappa shape index (κ1) is 26.8. The van der Waals surface area contributed by atoms with Crippen molar-refractivity contribution in [3.8, 4) is 0 Å². The van der Waals surface area contributed by atoms with Gasteiger partial charge >= 0.3 is 0 Å². The van der Waals surface area contributed by atoms with Crippen LogP contribution in [0.3, 0.4) is 0 Å². The van der Waals surface area contributed by atoms with E-state index < -0.39 is 11.7 Å². The second-order valence-corrected chi connectivity index (χ2v) is 7.32. The van der Waals surface area contributed by atoms with Gasteiger partial charge in [-0.2, -0.15) is 0 Å². The van der Waals surface area contributed by atoms with Gasteiger partial charge in [-0.15, -0.1) is 6.58 Å². The normalized spacial score (nSPS) is 23.5. The maximum atomic E-state index is 14.2. The molecule has 1 rings (SSSR count). The topological polar surface area (TPSA) is 27.7 Å². The van der Waals surface area contributed by atoms with E-state index in [1.807, 2.05) is 26.8 Å². The predicted molar refractivity (Wildman–Crippen MR) is 112 cm³/mol. The van der Waals surface area contributed by atoms with Gasteiger partial charge in [0.1, 0.15) is 5.76 Å². The molecule has 0 aliphatic carbocycles. The van der Waals surface area contributed by atoms with E-state index >= 15 is 0 Å². The molecule has 0 spiro atoms. The lowest BCUT2D eigenvalue weighted by Crippen LogP contribution is -2.28. The average molecular weight is 403 g/mol. The largest absolute Gasteiger partial charge is 0.498 e. The molecule has 3 nitrogen and oxygen atoms in total. The summed E-state index contributed by atoms with van der Waals surface area (Å²) in [6.45, 7) is 16.1. The Balaban J connectivity index is 0.00000352. The number of rotatable bonds is 10. The molecule has 0 aromatic rings. The number of hydrogen-bond donors (Lipinski definition) is 0. The van der Waals surface area contributed by atoms with Crippen molar-refractivity contribution in [3.63, 3.8) is 0 Å². The van der Waals surface area contributed by atoms with Crippen LogP contribution in [-0.2, 0) is 14.2 Å². The summed E-state index contributed by atoms with van der Waals surface area (Å²) in [5.74, 6) is -1.06. The number of methoxy groups -OCH3 is 1. The van der Waals surface area contributed by atoms with Crippen molar-refractivity contribution in [2.45, 2.75) is 73.5 Å². The SMILES string of the molecule is C=CC1CCC(OCC(C)CCC(C)/C(C)=C(F)/C(F)=C(\C)OC)OC1.CC. The summed E-state index contributed by atoms with van der Waals surface area (Å²) in [5.41, 5.74) is 0.415. The van der Waals surface area contributed by atoms with Crippen LogP contribution in [0.1, 0.15) is 67.2 Å². The minimum Gasteiger partial charge on any atom is -0.498 e. The lowest BCUT2D eigenvalue weighted by Gasteiger charge is -2.28. The van der Waals surface area contributed by atoms with Crippen LogP contribution < -0.4 is 0 Å². The highest BCUT2D eigenvalue weighted by molar-refractivity contribution is 5.27. The van der Waals surface area contributed by atoms with Crippen LogP contribution in [0.4, 0.5) is 8.78 Å². The minimum atomic E-state index is -0.916. The molecule has 0 radical (unpaired) electrons. The highest BCUT2D eigenvalue weighted by atomic mass is 19.2. The second kappa shape index (κ2) is 14.7. The monoisotopic (exact) mass is 402 g/mol. The molecule has 0 aromatic heterocycles. The van der Waals surface area contributed by atoms with E-state index in [2.05, 4.69) is 13.5 Å². The maximum Gasteiger partial charge on any atom is 0.195 e. The summed E-state index contributed by atoms with van der Waals surface area (Å²) in [5, 5.41) is 0. The highest BCUT2D eigenvalue weighted by Gasteiger charge is 2.21. The Kier molecular flexibility index (Phi) is 14.1. The van der Waals surface area contributed by atoms with Crippen LogP contribution in [0.15, 0.2) is 35.6 Å². The summed E-state index contributed by atoms with van der Waals surface area (Å²) >= 11 is 0. The molecule has 4 atom stereocenters. The molecule has 1 heterocycles. The van der Waals surface area contributed by atoms with E-state index in [1.165, 1.54) is 14.0 Å². The summed E-state index contributed by atoms with van der Waals surface area (Å²) < 4.78 is 44.3. The van der Waals surface area contributed by atoms with Gasteiger partial charge in [0.2, 0.25) is 0 Å². The van der Waals surface area contributed by atoms with Gasteiger partial charge in [-0.3, -0.25) is 0 Å². The lowest BCUT2D eigenvalue weighted by atomic mass is 9.92. The van der Waals surface area contributed by atoms with E-state index in [1.54, 1.807) is 6.92 Å². The molecule has 1 aliphatic heterocycles. The van der Waals surface area contributed by atoms with E-state index in [9.17, 15) is 8.78 Å². The van der Waals surface area contributed by atoms with Gasteiger partial charge in [0.15, 0.2) is 17.9 Å². The smallest absolute Gasteiger partial charge is 0.195 e. The standard InChI is InChI=1S/C21H34F2O3.C2H6/c1-7-18-10-11-19(26-13-18)25-12-14(2)8-9-15(3)16(4)20(22)21(23)17(5)24-6;1-2/h7,14-15,18-19H,1,8-13H2,2-6H3;1-2H3/b20-16-,21-17-;. The predicted octanol–water partition coefficient (Wildman–Crippen LogP) is 7.11. The second-order valence-electron chi connectivity index (χ2n) is 7.32. The molecule has 0 aromatic carbocycles. The number of ether oxygens (including phenoxy) is 3. The quantitative estimate of drug-likeness (QED) is 0.221. The first-order chi connectivity index (χ1) is 13.3. The number of hydrogen-bond acceptors (Lipinski definition) is 3. The molecule has 28 heavy (non-hydrogen) atoms. The van der Waals surface area contributed by atoms with Gasteiger partial charge in [0.05, 0.1) is 20.3 Å². The van der Waals surface area contributed by atoms with Crippen molar-refractivity contribution in [1.29, 1.82) is 0 Å². The Hall–Kier alpha value is -1.20. The molecular weight excluding hydrogens is 362 g/mol. The summed E-state index contributed by atoms with van der Waals surface area (Å²) in [6.07, 6.45) is 5.37. The average Bonchev–Trinajstić information content (AvgIpc) is 2.75. The summed E-state index contributed by atoms with van der Waals surface area (Å²) in [4.78, 5) is 0. The molecule has 164 valence electrons. The molecule has 0 saturated carbocycles. The lowest BCUT2D eigenvalue weighted by molar-refractivity contribution is -0.176. The van der Waals surface area contributed by atoms with Crippen LogP contribution in [0, 0.1) is 17.8 Å². The highest BCUT2D eigenvalue weighted by Crippen LogP contribution is 2.29. The Morgan fingerprint density at radius 2 is 1.79 bits per heavy atom. The van der Waals surface area contributed by atoms with Crippen LogP contribution in [-0.4, -0.2) is 26.6 Å². The van der Waals surface area contributed by atoms with E-state index in [4.69, 9.17) is 14.2 Å². The summed E-state index contributed by atoms with van der Waals surface area (Å²) in [6, 6.07) is 0. The van der Waals surface area contributed by atoms with E-state index in [-0.39, 0.29) is 18.0 Å². The van der Waals surface area contributed by atoms with Gasteiger partial charge in [-0.1, -0.05) is 33.8 Å². The van der Waals surface area contributed by atoms with Gasteiger partial charge in [0.25, 0.3) is 0 Å². The van der Waals surface area contributed by atoms with E-state index in [0.717, 1.165) is 25.7 Å². The van der Waals surface area contributed by atoms with Gasteiger partial charge in [-0.25, -0.2) is 8.78 Å².